The number of carbonyl (C=O) groups is 2. The Kier molecular flexibility index (Phi) is 4.53. The van der Waals surface area contributed by atoms with Gasteiger partial charge >= 0.3 is 11.8 Å². The fraction of sp³-hybridized carbons (Fsp3) is 0.429. The average Bonchev–Trinajstić information content (AvgIpc) is 2.27. The highest BCUT2D eigenvalue weighted by atomic mass is 16.5. The summed E-state index contributed by atoms with van der Waals surface area (Å²) >= 11 is 0. The first kappa shape index (κ1) is 15.0. The fourth-order valence-electron chi connectivity index (χ4n) is 1.50. The second kappa shape index (κ2) is 5.73. The Hall–Kier alpha value is -2.04. The molecule has 0 aliphatic rings. The summed E-state index contributed by atoms with van der Waals surface area (Å²) in [5.41, 5.74) is 0.995. The van der Waals surface area contributed by atoms with Gasteiger partial charge in [-0.3, -0.25) is 9.59 Å². The molecule has 2 amide bonds. The average molecular weight is 264 g/mol. The predicted octanol–water partition coefficient (Wildman–Crippen LogP) is 1.86. The van der Waals surface area contributed by atoms with E-state index in [1.807, 2.05) is 33.8 Å². The van der Waals surface area contributed by atoms with Gasteiger partial charge in [0.05, 0.1) is 12.8 Å². The number of nitrogens with one attached hydrogen (secondary N) is 2. The standard InChI is InChI=1S/C14H20N2O3/c1-9-6-7-11(19-5)10(8-9)15-12(17)13(18)16-14(2,3)4/h6-8H,1-5H3,(H,15,17)(H,16,18). The summed E-state index contributed by atoms with van der Waals surface area (Å²) in [5, 5.41) is 5.15. The maximum atomic E-state index is 11.8. The van der Waals surface area contributed by atoms with Crippen LogP contribution in [0.3, 0.4) is 0 Å². The van der Waals surface area contributed by atoms with Gasteiger partial charge in [0.2, 0.25) is 0 Å². The molecule has 104 valence electrons. The summed E-state index contributed by atoms with van der Waals surface area (Å²) in [7, 11) is 1.51. The van der Waals surface area contributed by atoms with Gasteiger partial charge in [-0.1, -0.05) is 6.07 Å². The molecule has 0 atom stereocenters. The van der Waals surface area contributed by atoms with Crippen LogP contribution in [0.2, 0.25) is 0 Å². The van der Waals surface area contributed by atoms with Crippen LogP contribution in [0.1, 0.15) is 26.3 Å². The van der Waals surface area contributed by atoms with Crippen molar-refractivity contribution >= 4 is 17.5 Å². The number of hydrogen-bond donors (Lipinski definition) is 2. The number of amides is 2. The Labute approximate surface area is 113 Å². The van der Waals surface area contributed by atoms with E-state index in [0.29, 0.717) is 11.4 Å². The molecule has 5 heteroatoms. The number of carbonyl (C=O) groups excluding carboxylic acids is 2. The molecule has 0 fully saturated rings. The number of ether oxygens (including phenoxy) is 1. The molecule has 0 aliphatic heterocycles. The van der Waals surface area contributed by atoms with Crippen molar-refractivity contribution in [1.29, 1.82) is 0 Å². The summed E-state index contributed by atoms with van der Waals surface area (Å²) in [4.78, 5) is 23.5. The van der Waals surface area contributed by atoms with Gasteiger partial charge in [-0.05, 0) is 45.4 Å². The lowest BCUT2D eigenvalue weighted by atomic mass is 10.1. The molecule has 19 heavy (non-hydrogen) atoms. The van der Waals surface area contributed by atoms with E-state index in [2.05, 4.69) is 10.6 Å². The summed E-state index contributed by atoms with van der Waals surface area (Å²) in [6.45, 7) is 7.33. The Morgan fingerprint density at radius 3 is 2.32 bits per heavy atom. The van der Waals surface area contributed by atoms with Crippen LogP contribution in [0.5, 0.6) is 5.75 Å². The third-order valence-electron chi connectivity index (χ3n) is 2.30. The lowest BCUT2D eigenvalue weighted by molar-refractivity contribution is -0.137. The zero-order valence-electron chi connectivity index (χ0n) is 12.0. The van der Waals surface area contributed by atoms with Crippen LogP contribution >= 0.6 is 0 Å². The molecule has 0 spiro atoms. The van der Waals surface area contributed by atoms with Crippen LogP contribution in [0.15, 0.2) is 18.2 Å². The van der Waals surface area contributed by atoms with E-state index in [-0.39, 0.29) is 0 Å². The lowest BCUT2D eigenvalue weighted by Crippen LogP contribution is -2.46. The molecule has 0 unspecified atom stereocenters. The van der Waals surface area contributed by atoms with E-state index in [0.717, 1.165) is 5.56 Å². The van der Waals surface area contributed by atoms with E-state index in [9.17, 15) is 9.59 Å². The molecule has 0 radical (unpaired) electrons. The van der Waals surface area contributed by atoms with Crippen molar-refractivity contribution in [3.63, 3.8) is 0 Å². The Balaban J connectivity index is 2.82. The minimum Gasteiger partial charge on any atom is -0.495 e. The molecule has 1 rings (SSSR count). The van der Waals surface area contributed by atoms with Crippen molar-refractivity contribution < 1.29 is 14.3 Å². The SMILES string of the molecule is COc1ccc(C)cc1NC(=O)C(=O)NC(C)(C)C. The zero-order valence-corrected chi connectivity index (χ0v) is 12.0. The van der Waals surface area contributed by atoms with Crippen molar-refractivity contribution in [2.45, 2.75) is 33.2 Å². The van der Waals surface area contributed by atoms with Crippen LogP contribution in [-0.4, -0.2) is 24.5 Å². The molecule has 0 saturated heterocycles. The molecular weight excluding hydrogens is 244 g/mol. The second-order valence-corrected chi connectivity index (χ2v) is 5.36. The molecule has 2 N–H and O–H groups in total. The van der Waals surface area contributed by atoms with E-state index < -0.39 is 17.4 Å². The Morgan fingerprint density at radius 1 is 1.16 bits per heavy atom. The maximum absolute atomic E-state index is 11.8. The number of aryl methyl sites for hydroxylation is 1. The molecule has 1 aromatic carbocycles. The van der Waals surface area contributed by atoms with Gasteiger partial charge in [0.1, 0.15) is 5.75 Å². The van der Waals surface area contributed by atoms with Gasteiger partial charge in [-0.25, -0.2) is 0 Å². The third-order valence-corrected chi connectivity index (χ3v) is 2.30. The molecule has 0 aromatic heterocycles. The van der Waals surface area contributed by atoms with E-state index >= 15 is 0 Å². The normalized spacial score (nSPS) is 10.8. The topological polar surface area (TPSA) is 67.4 Å². The van der Waals surface area contributed by atoms with E-state index in [4.69, 9.17) is 4.74 Å². The summed E-state index contributed by atoms with van der Waals surface area (Å²) in [6, 6.07) is 5.36. The number of anilines is 1. The molecular formula is C14H20N2O3. The third kappa shape index (κ3) is 4.62. The number of rotatable bonds is 2. The first-order chi connectivity index (χ1) is 8.73. The van der Waals surface area contributed by atoms with E-state index in [1.165, 1.54) is 7.11 Å². The quantitative estimate of drug-likeness (QED) is 0.801. The number of hydrogen-bond acceptors (Lipinski definition) is 3. The minimum absolute atomic E-state index is 0.453. The number of methoxy groups -OCH3 is 1. The molecule has 0 aliphatic carbocycles. The van der Waals surface area contributed by atoms with Crippen LogP contribution in [0.4, 0.5) is 5.69 Å². The second-order valence-electron chi connectivity index (χ2n) is 5.36. The van der Waals surface area contributed by atoms with Crippen LogP contribution in [0, 0.1) is 6.92 Å². The van der Waals surface area contributed by atoms with Gasteiger partial charge in [-0.2, -0.15) is 0 Å². The smallest absolute Gasteiger partial charge is 0.313 e. The largest absolute Gasteiger partial charge is 0.495 e. The van der Waals surface area contributed by atoms with Gasteiger partial charge in [0.15, 0.2) is 0 Å². The Morgan fingerprint density at radius 2 is 1.79 bits per heavy atom. The molecule has 1 aromatic rings. The minimum atomic E-state index is -0.709. The highest BCUT2D eigenvalue weighted by molar-refractivity contribution is 6.39. The van der Waals surface area contributed by atoms with Gasteiger partial charge in [-0.15, -0.1) is 0 Å². The van der Waals surface area contributed by atoms with Crippen molar-refractivity contribution in [2.24, 2.45) is 0 Å². The van der Waals surface area contributed by atoms with Crippen molar-refractivity contribution in [3.05, 3.63) is 23.8 Å². The van der Waals surface area contributed by atoms with Crippen LogP contribution in [-0.2, 0) is 9.59 Å². The lowest BCUT2D eigenvalue weighted by Gasteiger charge is -2.20. The first-order valence-electron chi connectivity index (χ1n) is 6.01. The molecule has 5 nitrogen and oxygen atoms in total. The Bertz CT molecular complexity index is 490. The predicted molar refractivity (Wildman–Crippen MR) is 74.3 cm³/mol. The van der Waals surface area contributed by atoms with Crippen LogP contribution in [0.25, 0.3) is 0 Å². The highest BCUT2D eigenvalue weighted by Crippen LogP contribution is 2.25. The summed E-state index contributed by atoms with van der Waals surface area (Å²) in [6.07, 6.45) is 0. The summed E-state index contributed by atoms with van der Waals surface area (Å²) < 4.78 is 5.14. The highest BCUT2D eigenvalue weighted by Gasteiger charge is 2.21. The van der Waals surface area contributed by atoms with Crippen molar-refractivity contribution in [2.75, 3.05) is 12.4 Å². The number of benzene rings is 1. The summed E-state index contributed by atoms with van der Waals surface area (Å²) in [5.74, 6) is -0.864. The van der Waals surface area contributed by atoms with Gasteiger partial charge in [0, 0.05) is 5.54 Å². The van der Waals surface area contributed by atoms with Crippen molar-refractivity contribution in [1.82, 2.24) is 5.32 Å². The van der Waals surface area contributed by atoms with Gasteiger partial charge < -0.3 is 15.4 Å². The molecule has 0 bridgehead atoms. The monoisotopic (exact) mass is 264 g/mol. The zero-order chi connectivity index (χ0) is 14.6. The molecule has 0 heterocycles. The first-order valence-corrected chi connectivity index (χ1v) is 6.01. The fourth-order valence-corrected chi connectivity index (χ4v) is 1.50. The van der Waals surface area contributed by atoms with Crippen LogP contribution < -0.4 is 15.4 Å². The maximum Gasteiger partial charge on any atom is 0.313 e. The van der Waals surface area contributed by atoms with Crippen molar-refractivity contribution in [3.8, 4) is 5.75 Å². The van der Waals surface area contributed by atoms with E-state index in [1.54, 1.807) is 12.1 Å². The van der Waals surface area contributed by atoms with Gasteiger partial charge in [0.25, 0.3) is 0 Å². The molecule has 0 saturated carbocycles.